The topological polar surface area (TPSA) is 51.2 Å². The van der Waals surface area contributed by atoms with E-state index in [0.29, 0.717) is 19.6 Å². The molecule has 0 N–H and O–H groups in total. The highest BCUT2D eigenvalue weighted by Gasteiger charge is 2.21. The van der Waals surface area contributed by atoms with E-state index in [2.05, 4.69) is 60.3 Å². The van der Waals surface area contributed by atoms with Gasteiger partial charge < -0.3 is 19.1 Å². The van der Waals surface area contributed by atoms with Gasteiger partial charge in [0.05, 0.1) is 19.8 Å². The van der Waals surface area contributed by atoms with Gasteiger partial charge in [0.25, 0.3) is 0 Å². The second kappa shape index (κ2) is 13.3. The number of nitrogens with zero attached hydrogens (tertiary/aromatic N) is 2. The van der Waals surface area contributed by atoms with Crippen LogP contribution in [0.5, 0.6) is 5.75 Å². The van der Waals surface area contributed by atoms with E-state index in [0.717, 1.165) is 51.1 Å². The van der Waals surface area contributed by atoms with Crippen molar-refractivity contribution in [3.8, 4) is 5.75 Å². The lowest BCUT2D eigenvalue weighted by molar-refractivity contribution is 0.0383. The van der Waals surface area contributed by atoms with Crippen LogP contribution in [-0.2, 0) is 15.9 Å². The Hall–Kier alpha value is -1.87. The van der Waals surface area contributed by atoms with Gasteiger partial charge in [-0.05, 0) is 35.5 Å². The van der Waals surface area contributed by atoms with E-state index in [1.165, 1.54) is 10.4 Å². The average molecular weight is 505 g/mol. The molecule has 1 aliphatic heterocycles. The number of thiophene rings is 1. The maximum Gasteiger partial charge on any atom is 0.409 e. The number of ether oxygens (including phenoxy) is 3. The zero-order valence-corrected chi connectivity index (χ0v) is 22.9. The van der Waals surface area contributed by atoms with Crippen LogP contribution in [0.1, 0.15) is 23.0 Å². The van der Waals surface area contributed by atoms with Crippen molar-refractivity contribution in [1.29, 1.82) is 0 Å². The monoisotopic (exact) mass is 504 g/mol. The standard InChI is InChI=1S/C26H40N2O4SSi/c1-27(26(29)31-19-21-34(2,3)4)13-12-24(25-10-7-20-33-25)32-23-9-6-5-8-22(23)11-14-28-15-17-30-18-16-28/h5-10,20,24H,11-19,21H2,1-4H3/t24-/m1/s1. The smallest absolute Gasteiger partial charge is 0.409 e. The molecule has 0 unspecified atom stereocenters. The Morgan fingerprint density at radius 2 is 1.94 bits per heavy atom. The molecule has 1 aliphatic rings. The fraction of sp³-hybridized carbons (Fsp3) is 0.577. The molecule has 1 amide bonds. The summed E-state index contributed by atoms with van der Waals surface area (Å²) >= 11 is 1.69. The van der Waals surface area contributed by atoms with E-state index < -0.39 is 8.07 Å². The molecule has 1 atom stereocenters. The van der Waals surface area contributed by atoms with Crippen LogP contribution in [-0.4, -0.2) is 77.0 Å². The third-order valence-corrected chi connectivity index (χ3v) is 8.69. The predicted octanol–water partition coefficient (Wildman–Crippen LogP) is 5.54. The summed E-state index contributed by atoms with van der Waals surface area (Å²) in [5, 5.41) is 2.07. The molecule has 0 spiro atoms. The molecule has 0 saturated carbocycles. The number of hydrogen-bond acceptors (Lipinski definition) is 6. The van der Waals surface area contributed by atoms with Gasteiger partial charge in [-0.15, -0.1) is 11.3 Å². The third kappa shape index (κ3) is 9.06. The molecule has 2 aromatic rings. The lowest BCUT2D eigenvalue weighted by atomic mass is 10.1. The van der Waals surface area contributed by atoms with Crippen LogP contribution in [0.15, 0.2) is 41.8 Å². The number of rotatable bonds is 12. The van der Waals surface area contributed by atoms with E-state index in [4.69, 9.17) is 14.2 Å². The summed E-state index contributed by atoms with van der Waals surface area (Å²) in [6.45, 7) is 12.5. The fourth-order valence-electron chi connectivity index (χ4n) is 3.77. The lowest BCUT2D eigenvalue weighted by Gasteiger charge is -2.27. The van der Waals surface area contributed by atoms with Gasteiger partial charge in [0.15, 0.2) is 0 Å². The lowest BCUT2D eigenvalue weighted by Crippen LogP contribution is -2.37. The SMILES string of the molecule is CN(CC[C@@H](Oc1ccccc1CCN1CCOCC1)c1cccs1)C(=O)OCC[Si](C)(C)C. The first-order valence-corrected chi connectivity index (χ1v) is 16.9. The van der Waals surface area contributed by atoms with Crippen LogP contribution < -0.4 is 4.74 Å². The molecule has 0 radical (unpaired) electrons. The van der Waals surface area contributed by atoms with E-state index in [-0.39, 0.29) is 12.2 Å². The molecule has 8 heteroatoms. The molecule has 0 bridgehead atoms. The first-order valence-electron chi connectivity index (χ1n) is 12.3. The number of hydrogen-bond donors (Lipinski definition) is 0. The van der Waals surface area contributed by atoms with Gasteiger partial charge in [-0.2, -0.15) is 0 Å². The molecule has 3 rings (SSSR count). The molecule has 1 aromatic carbocycles. The van der Waals surface area contributed by atoms with E-state index in [1.54, 1.807) is 23.3 Å². The summed E-state index contributed by atoms with van der Waals surface area (Å²) < 4.78 is 17.5. The zero-order chi connectivity index (χ0) is 24.4. The highest BCUT2D eigenvalue weighted by Crippen LogP contribution is 2.31. The van der Waals surface area contributed by atoms with Gasteiger partial charge in [0, 0.05) is 52.6 Å². The fourth-order valence-corrected chi connectivity index (χ4v) is 5.28. The van der Waals surface area contributed by atoms with Crippen molar-refractivity contribution in [2.24, 2.45) is 0 Å². The minimum absolute atomic E-state index is 0.109. The minimum atomic E-state index is -1.22. The number of amides is 1. The van der Waals surface area contributed by atoms with E-state index in [1.807, 2.05) is 6.07 Å². The van der Waals surface area contributed by atoms with Crippen molar-refractivity contribution in [2.75, 3.05) is 53.0 Å². The second-order valence-electron chi connectivity index (χ2n) is 10.1. The first kappa shape index (κ1) is 26.7. The molecule has 2 heterocycles. The summed E-state index contributed by atoms with van der Waals surface area (Å²) in [5.41, 5.74) is 1.22. The molecule has 34 heavy (non-hydrogen) atoms. The normalized spacial score (nSPS) is 15.6. The van der Waals surface area contributed by atoms with Crippen LogP contribution in [0.2, 0.25) is 25.7 Å². The Labute approximate surface area is 209 Å². The summed E-state index contributed by atoms with van der Waals surface area (Å²) in [6.07, 6.45) is 1.28. The van der Waals surface area contributed by atoms with Crippen molar-refractivity contribution in [1.82, 2.24) is 9.80 Å². The van der Waals surface area contributed by atoms with Gasteiger partial charge in [-0.25, -0.2) is 4.79 Å². The van der Waals surface area contributed by atoms with Gasteiger partial charge in [0.1, 0.15) is 11.9 Å². The van der Waals surface area contributed by atoms with E-state index in [9.17, 15) is 4.79 Å². The highest BCUT2D eigenvalue weighted by molar-refractivity contribution is 7.10. The van der Waals surface area contributed by atoms with Crippen LogP contribution in [0.25, 0.3) is 0 Å². The van der Waals surface area contributed by atoms with Gasteiger partial charge in [-0.1, -0.05) is 43.9 Å². The summed E-state index contributed by atoms with van der Waals surface area (Å²) in [7, 11) is 0.582. The van der Waals surface area contributed by atoms with E-state index >= 15 is 0 Å². The second-order valence-corrected chi connectivity index (χ2v) is 16.7. The average Bonchev–Trinajstić information content (AvgIpc) is 3.35. The van der Waals surface area contributed by atoms with Crippen molar-refractivity contribution < 1.29 is 19.0 Å². The van der Waals surface area contributed by atoms with Crippen molar-refractivity contribution >= 4 is 25.5 Å². The Morgan fingerprint density at radius 1 is 1.18 bits per heavy atom. The quantitative estimate of drug-likeness (QED) is 0.355. The number of carbonyl (C=O) groups is 1. The van der Waals surface area contributed by atoms with Crippen LogP contribution in [0.4, 0.5) is 4.79 Å². The Balaban J connectivity index is 1.58. The van der Waals surface area contributed by atoms with Crippen molar-refractivity contribution in [2.45, 2.75) is 44.6 Å². The summed E-state index contributed by atoms with van der Waals surface area (Å²) in [6, 6.07) is 13.5. The number of para-hydroxylation sites is 1. The molecule has 188 valence electrons. The molecule has 1 fully saturated rings. The maximum atomic E-state index is 12.4. The summed E-state index contributed by atoms with van der Waals surface area (Å²) in [4.78, 5) is 17.7. The molecule has 6 nitrogen and oxygen atoms in total. The van der Waals surface area contributed by atoms with Crippen molar-refractivity contribution in [3.05, 3.63) is 52.2 Å². The molecule has 1 aromatic heterocycles. The largest absolute Gasteiger partial charge is 0.485 e. The van der Waals surface area contributed by atoms with Crippen LogP contribution >= 0.6 is 11.3 Å². The number of morpholine rings is 1. The molecular formula is C26H40N2O4SSi. The molecule has 1 saturated heterocycles. The van der Waals surface area contributed by atoms with Gasteiger partial charge in [0.2, 0.25) is 0 Å². The maximum absolute atomic E-state index is 12.4. The zero-order valence-electron chi connectivity index (χ0n) is 21.1. The van der Waals surface area contributed by atoms with Crippen LogP contribution in [0, 0.1) is 0 Å². The summed E-state index contributed by atoms with van der Waals surface area (Å²) in [5.74, 6) is 0.925. The third-order valence-electron chi connectivity index (χ3n) is 6.02. The van der Waals surface area contributed by atoms with Crippen LogP contribution in [0.3, 0.4) is 0 Å². The van der Waals surface area contributed by atoms with Gasteiger partial charge >= 0.3 is 6.09 Å². The molecular weight excluding hydrogens is 464 g/mol. The van der Waals surface area contributed by atoms with Gasteiger partial charge in [-0.3, -0.25) is 4.90 Å². The highest BCUT2D eigenvalue weighted by atomic mass is 32.1. The Kier molecular flexibility index (Phi) is 10.4. The first-order chi connectivity index (χ1) is 16.3. The Morgan fingerprint density at radius 3 is 2.65 bits per heavy atom. The number of carbonyl (C=O) groups excluding carboxylic acids is 1. The predicted molar refractivity (Wildman–Crippen MR) is 142 cm³/mol. The number of benzene rings is 1. The Bertz CT molecular complexity index is 866. The van der Waals surface area contributed by atoms with Crippen molar-refractivity contribution in [3.63, 3.8) is 0 Å². The minimum Gasteiger partial charge on any atom is -0.485 e. The molecule has 0 aliphatic carbocycles.